The molecule has 170 valence electrons. The molecule has 1 saturated heterocycles. The normalized spacial score (nSPS) is 20.5. The van der Waals surface area contributed by atoms with Crippen LogP contribution in [0.25, 0.3) is 32.3 Å². The van der Waals surface area contributed by atoms with E-state index in [0.29, 0.717) is 11.1 Å². The van der Waals surface area contributed by atoms with E-state index < -0.39 is 18.1 Å². The molecule has 33 heavy (non-hydrogen) atoms. The van der Waals surface area contributed by atoms with Gasteiger partial charge in [-0.2, -0.15) is 0 Å². The third-order valence-corrected chi connectivity index (χ3v) is 6.15. The summed E-state index contributed by atoms with van der Waals surface area (Å²) in [7, 11) is 0. The molecule has 1 N–H and O–H groups in total. The molecule has 0 amide bonds. The van der Waals surface area contributed by atoms with Gasteiger partial charge in [0.25, 0.3) is 5.69 Å². The molecule has 4 aromatic carbocycles. The van der Waals surface area contributed by atoms with E-state index in [0.717, 1.165) is 26.9 Å². The number of fused-ring (bicyclic) bond motifs is 5. The third-order valence-electron chi connectivity index (χ3n) is 6.15. The molecule has 1 aliphatic rings. The number of nitro groups is 1. The van der Waals surface area contributed by atoms with E-state index >= 15 is 0 Å². The predicted molar refractivity (Wildman–Crippen MR) is 129 cm³/mol. The molecular formula is C26H26N2O5. The van der Waals surface area contributed by atoms with Gasteiger partial charge in [-0.1, -0.05) is 62.4 Å². The Balaban J connectivity index is 1.71. The lowest BCUT2D eigenvalue weighted by Crippen LogP contribution is -2.54. The average molecular weight is 447 g/mol. The molecule has 0 aliphatic carbocycles. The molecule has 5 rings (SSSR count). The maximum absolute atomic E-state index is 12.2. The van der Waals surface area contributed by atoms with Crippen molar-refractivity contribution in [2.45, 2.75) is 45.8 Å². The van der Waals surface area contributed by atoms with Gasteiger partial charge in [-0.05, 0) is 46.8 Å². The van der Waals surface area contributed by atoms with Crippen LogP contribution in [-0.2, 0) is 14.5 Å². The number of ether oxygens (including phenoxy) is 1. The molecule has 1 heterocycles. The molecule has 7 heteroatoms. The minimum Gasteiger partial charge on any atom is -0.357 e. The van der Waals surface area contributed by atoms with Gasteiger partial charge in [-0.3, -0.25) is 10.1 Å². The highest BCUT2D eigenvalue weighted by Crippen LogP contribution is 2.41. The smallest absolute Gasteiger partial charge is 0.279 e. The van der Waals surface area contributed by atoms with Crippen molar-refractivity contribution < 1.29 is 19.4 Å². The summed E-state index contributed by atoms with van der Waals surface area (Å²) in [5.41, 5.74) is -0.154. The SMILES string of the molecule is CC(C)C1OOC(C)(C)C(Nc2cccc3c2c([N+](=O)[O-])cc2c4ccccc4ccc32)O1. The topological polar surface area (TPSA) is 82.9 Å². The van der Waals surface area contributed by atoms with Gasteiger partial charge in [-0.25, -0.2) is 9.78 Å². The third kappa shape index (κ3) is 3.68. The fourth-order valence-electron chi connectivity index (χ4n) is 4.36. The summed E-state index contributed by atoms with van der Waals surface area (Å²) in [6.07, 6.45) is -1.12. The second-order valence-corrected chi connectivity index (χ2v) is 9.32. The van der Waals surface area contributed by atoms with Crippen molar-refractivity contribution in [2.24, 2.45) is 5.92 Å². The molecule has 0 spiro atoms. The molecule has 1 fully saturated rings. The fourth-order valence-corrected chi connectivity index (χ4v) is 4.36. The monoisotopic (exact) mass is 446 g/mol. The maximum Gasteiger partial charge on any atom is 0.279 e. The Bertz CT molecular complexity index is 1380. The lowest BCUT2D eigenvalue weighted by atomic mass is 9.95. The minimum absolute atomic E-state index is 0.0446. The number of non-ortho nitro benzene ring substituents is 1. The number of anilines is 1. The van der Waals surface area contributed by atoms with Crippen LogP contribution in [0, 0.1) is 16.0 Å². The van der Waals surface area contributed by atoms with Crippen molar-refractivity contribution in [3.63, 3.8) is 0 Å². The largest absolute Gasteiger partial charge is 0.357 e. The Morgan fingerprint density at radius 2 is 1.73 bits per heavy atom. The van der Waals surface area contributed by atoms with Crippen molar-refractivity contribution in [3.05, 3.63) is 70.8 Å². The molecule has 2 atom stereocenters. The van der Waals surface area contributed by atoms with E-state index in [1.807, 2.05) is 76.2 Å². The molecule has 0 bridgehead atoms. The Hall–Kier alpha value is -3.26. The minimum atomic E-state index is -0.810. The van der Waals surface area contributed by atoms with Crippen LogP contribution in [0.5, 0.6) is 0 Å². The van der Waals surface area contributed by atoms with Gasteiger partial charge in [0.05, 0.1) is 16.0 Å². The summed E-state index contributed by atoms with van der Waals surface area (Å²) >= 11 is 0. The number of nitrogens with zero attached hydrogens (tertiary/aromatic N) is 1. The molecule has 0 aromatic heterocycles. The lowest BCUT2D eigenvalue weighted by Gasteiger charge is -2.42. The zero-order valence-corrected chi connectivity index (χ0v) is 19.0. The zero-order valence-electron chi connectivity index (χ0n) is 19.0. The highest BCUT2D eigenvalue weighted by molar-refractivity contribution is 6.22. The van der Waals surface area contributed by atoms with Crippen LogP contribution in [0.3, 0.4) is 0 Å². The second-order valence-electron chi connectivity index (χ2n) is 9.32. The molecule has 1 aliphatic heterocycles. The van der Waals surface area contributed by atoms with Gasteiger partial charge in [0.15, 0.2) is 12.5 Å². The molecular weight excluding hydrogens is 420 g/mol. The standard InChI is InChI=1S/C26H26N2O5/c1-15(2)24-31-25(26(3,4)33-32-24)27-21-11-7-10-19-18-13-12-16-8-5-6-9-17(16)20(18)14-22(23(19)21)28(29)30/h5-15,24-25,27H,1-4H3. The van der Waals surface area contributed by atoms with Gasteiger partial charge in [0.1, 0.15) is 5.60 Å². The van der Waals surface area contributed by atoms with Crippen LogP contribution in [0.1, 0.15) is 27.7 Å². The number of hydrogen-bond acceptors (Lipinski definition) is 6. The van der Waals surface area contributed by atoms with E-state index in [-0.39, 0.29) is 16.5 Å². The summed E-state index contributed by atoms with van der Waals surface area (Å²) in [5, 5.41) is 20.8. The van der Waals surface area contributed by atoms with E-state index in [2.05, 4.69) is 11.4 Å². The Labute approximate surface area is 191 Å². The summed E-state index contributed by atoms with van der Waals surface area (Å²) in [5.74, 6) is 0.0736. The van der Waals surface area contributed by atoms with E-state index in [4.69, 9.17) is 14.5 Å². The van der Waals surface area contributed by atoms with Crippen molar-refractivity contribution in [3.8, 4) is 0 Å². The van der Waals surface area contributed by atoms with Crippen LogP contribution < -0.4 is 5.32 Å². The van der Waals surface area contributed by atoms with Crippen molar-refractivity contribution >= 4 is 43.7 Å². The quantitative estimate of drug-likeness (QED) is 0.166. The zero-order chi connectivity index (χ0) is 23.3. The van der Waals surface area contributed by atoms with Crippen LogP contribution in [0.15, 0.2) is 60.7 Å². The highest BCUT2D eigenvalue weighted by atomic mass is 17.2. The number of nitrogens with one attached hydrogen (secondary N) is 1. The van der Waals surface area contributed by atoms with Crippen LogP contribution in [0.2, 0.25) is 0 Å². The van der Waals surface area contributed by atoms with Gasteiger partial charge in [0.2, 0.25) is 0 Å². The van der Waals surface area contributed by atoms with Crippen molar-refractivity contribution in [1.29, 1.82) is 0 Å². The van der Waals surface area contributed by atoms with Crippen LogP contribution in [-0.4, -0.2) is 23.0 Å². The predicted octanol–water partition coefficient (Wildman–Crippen LogP) is 6.53. The first-order valence-electron chi connectivity index (χ1n) is 11.0. The molecule has 4 aromatic rings. The molecule has 0 radical (unpaired) electrons. The van der Waals surface area contributed by atoms with Crippen molar-refractivity contribution in [1.82, 2.24) is 0 Å². The number of benzene rings is 4. The summed E-state index contributed by atoms with van der Waals surface area (Å²) in [6, 6.07) is 19.3. The molecule has 2 unspecified atom stereocenters. The summed E-state index contributed by atoms with van der Waals surface area (Å²) < 4.78 is 6.13. The Morgan fingerprint density at radius 3 is 2.48 bits per heavy atom. The molecule has 0 saturated carbocycles. The van der Waals surface area contributed by atoms with Gasteiger partial charge in [0, 0.05) is 12.0 Å². The fraction of sp³-hybridized carbons (Fsp3) is 0.308. The Kier molecular flexibility index (Phi) is 5.20. The first kappa shape index (κ1) is 21.6. The number of rotatable bonds is 4. The van der Waals surface area contributed by atoms with Crippen LogP contribution in [0.4, 0.5) is 11.4 Å². The summed E-state index contributed by atoms with van der Waals surface area (Å²) in [4.78, 5) is 22.9. The molecule has 7 nitrogen and oxygen atoms in total. The number of hydrogen-bond donors (Lipinski definition) is 1. The van der Waals surface area contributed by atoms with Gasteiger partial charge >= 0.3 is 0 Å². The second kappa shape index (κ2) is 7.95. The van der Waals surface area contributed by atoms with E-state index in [1.165, 1.54) is 0 Å². The van der Waals surface area contributed by atoms with Crippen LogP contribution >= 0.6 is 0 Å². The maximum atomic E-state index is 12.2. The highest BCUT2D eigenvalue weighted by Gasteiger charge is 2.42. The van der Waals surface area contributed by atoms with Gasteiger partial charge < -0.3 is 10.1 Å². The van der Waals surface area contributed by atoms with Gasteiger partial charge in [-0.15, -0.1) is 0 Å². The number of nitro benzene ring substituents is 1. The first-order chi connectivity index (χ1) is 15.8. The first-order valence-corrected chi connectivity index (χ1v) is 11.0. The van der Waals surface area contributed by atoms with Crippen molar-refractivity contribution in [2.75, 3.05) is 5.32 Å². The summed E-state index contributed by atoms with van der Waals surface area (Å²) in [6.45, 7) is 7.65. The van der Waals surface area contributed by atoms with E-state index in [9.17, 15) is 10.1 Å². The lowest BCUT2D eigenvalue weighted by molar-refractivity contribution is -0.485. The Morgan fingerprint density at radius 1 is 0.970 bits per heavy atom. The average Bonchev–Trinajstić information content (AvgIpc) is 2.79. The van der Waals surface area contributed by atoms with E-state index in [1.54, 1.807) is 6.07 Å².